The number of benzene rings is 2. The molecule has 252 valence electrons. The highest BCUT2D eigenvalue weighted by Crippen LogP contribution is 2.65. The normalized spacial score (nSPS) is 27.4. The fourth-order valence-electron chi connectivity index (χ4n) is 8.30. The molecule has 3 heterocycles. The van der Waals surface area contributed by atoms with E-state index in [0.29, 0.717) is 31.6 Å². The maximum absolute atomic E-state index is 14.9. The molecular weight excluding hydrogens is 592 g/mol. The van der Waals surface area contributed by atoms with Gasteiger partial charge in [-0.2, -0.15) is 0 Å². The second-order valence-electron chi connectivity index (χ2n) is 13.2. The number of nitrogens with zero attached hydrogens (tertiary/aromatic N) is 4. The number of ether oxygens (including phenoxy) is 1. The van der Waals surface area contributed by atoms with E-state index in [2.05, 4.69) is 38.8 Å². The fourth-order valence-corrected chi connectivity index (χ4v) is 8.30. The molecule has 3 saturated heterocycles. The quantitative estimate of drug-likeness (QED) is 0.284. The average molecular weight is 643 g/mol. The average Bonchev–Trinajstić information content (AvgIpc) is 3.59. The molecule has 1 spiro atoms. The molecule has 9 heteroatoms. The zero-order valence-corrected chi connectivity index (χ0v) is 28.3. The van der Waals surface area contributed by atoms with Crippen molar-refractivity contribution in [3.63, 3.8) is 0 Å². The van der Waals surface area contributed by atoms with Crippen molar-refractivity contribution in [2.75, 3.05) is 49.1 Å². The summed E-state index contributed by atoms with van der Waals surface area (Å²) in [7, 11) is 0. The first kappa shape index (κ1) is 34.4. The van der Waals surface area contributed by atoms with Crippen LogP contribution in [0.25, 0.3) is 0 Å². The molecule has 2 bridgehead atoms. The van der Waals surface area contributed by atoms with Gasteiger partial charge in [0.2, 0.25) is 11.8 Å². The Kier molecular flexibility index (Phi) is 10.3. The molecule has 2 aromatic rings. The first-order valence-electron chi connectivity index (χ1n) is 16.9. The van der Waals surface area contributed by atoms with Crippen LogP contribution in [-0.2, 0) is 25.7 Å². The van der Waals surface area contributed by atoms with E-state index in [-0.39, 0.29) is 43.3 Å². The van der Waals surface area contributed by atoms with E-state index in [1.54, 1.807) is 26.9 Å². The van der Waals surface area contributed by atoms with Crippen LogP contribution in [-0.4, -0.2) is 89.2 Å². The molecule has 3 aliphatic rings. The Morgan fingerprint density at radius 3 is 2.23 bits per heavy atom. The van der Waals surface area contributed by atoms with E-state index >= 15 is 0 Å². The van der Waals surface area contributed by atoms with Crippen molar-refractivity contribution in [3.8, 4) is 0 Å². The zero-order chi connectivity index (χ0) is 33.9. The maximum atomic E-state index is 14.9. The first-order chi connectivity index (χ1) is 22.6. The van der Waals surface area contributed by atoms with E-state index in [0.717, 1.165) is 24.3 Å². The molecule has 1 N–H and O–H groups in total. The van der Waals surface area contributed by atoms with Gasteiger partial charge in [0.25, 0.3) is 5.91 Å². The van der Waals surface area contributed by atoms with Gasteiger partial charge in [-0.05, 0) is 69.4 Å². The highest BCUT2D eigenvalue weighted by atomic mass is 16.5. The summed E-state index contributed by atoms with van der Waals surface area (Å²) in [5.74, 6) is -2.41. The minimum absolute atomic E-state index is 0.0860. The Bertz CT molecular complexity index is 1460. The number of hydrogen-bond donors (Lipinski definition) is 1. The lowest BCUT2D eigenvalue weighted by atomic mass is 9.62. The molecule has 3 unspecified atom stereocenters. The third-order valence-corrected chi connectivity index (χ3v) is 10.6. The summed E-state index contributed by atoms with van der Waals surface area (Å²) in [6.07, 6.45) is 4.16. The monoisotopic (exact) mass is 642 g/mol. The molecule has 2 aromatic carbocycles. The van der Waals surface area contributed by atoms with Gasteiger partial charge in [0.05, 0.1) is 17.4 Å². The second kappa shape index (κ2) is 14.0. The Morgan fingerprint density at radius 2 is 1.64 bits per heavy atom. The van der Waals surface area contributed by atoms with Crippen LogP contribution in [0.1, 0.15) is 46.1 Å². The van der Waals surface area contributed by atoms with Gasteiger partial charge in [0, 0.05) is 57.3 Å². The van der Waals surface area contributed by atoms with Gasteiger partial charge in [-0.1, -0.05) is 49.4 Å². The summed E-state index contributed by atoms with van der Waals surface area (Å²) in [4.78, 5) is 51.3. The smallest absolute Gasteiger partial charge is 0.253 e. The number of likely N-dealkylation sites (tertiary alicyclic amines) is 1. The summed E-state index contributed by atoms with van der Waals surface area (Å²) in [5.41, 5.74) is 0.598. The number of fused-ring (bicyclic) bond motifs is 1. The topological polar surface area (TPSA) is 93.6 Å². The summed E-state index contributed by atoms with van der Waals surface area (Å²) in [6, 6.07) is 16.7. The SMILES string of the molecule is C=CCN(Cc1ccccc1)C(=O)[C@H]1[C@H]2C(=O)N(CCCO)C(C(=O)N(CC=C)c3ccc(N(CC)CC)cc3)C23CC(C)[C@]1(C)O3. The Hall–Kier alpha value is -3.95. The Morgan fingerprint density at radius 1 is 1.00 bits per heavy atom. The maximum Gasteiger partial charge on any atom is 0.253 e. The minimum Gasteiger partial charge on any atom is -0.396 e. The molecule has 9 nitrogen and oxygen atoms in total. The highest BCUT2D eigenvalue weighted by Gasteiger charge is 2.80. The first-order valence-corrected chi connectivity index (χ1v) is 16.9. The van der Waals surface area contributed by atoms with Crippen molar-refractivity contribution in [3.05, 3.63) is 85.5 Å². The molecule has 0 aliphatic carbocycles. The van der Waals surface area contributed by atoms with Crippen molar-refractivity contribution in [1.82, 2.24) is 9.80 Å². The van der Waals surface area contributed by atoms with E-state index in [1.165, 1.54) is 0 Å². The van der Waals surface area contributed by atoms with E-state index < -0.39 is 29.1 Å². The molecule has 6 atom stereocenters. The van der Waals surface area contributed by atoms with Gasteiger partial charge in [-0.15, -0.1) is 13.2 Å². The van der Waals surface area contributed by atoms with Crippen molar-refractivity contribution >= 4 is 29.1 Å². The minimum atomic E-state index is -1.19. The van der Waals surface area contributed by atoms with Crippen LogP contribution in [0.4, 0.5) is 11.4 Å². The molecule has 3 amide bonds. The molecule has 5 rings (SSSR count). The van der Waals surface area contributed by atoms with Crippen LogP contribution in [0, 0.1) is 17.8 Å². The number of hydrogen-bond acceptors (Lipinski definition) is 6. The lowest BCUT2D eigenvalue weighted by molar-refractivity contribution is -0.151. The van der Waals surface area contributed by atoms with E-state index in [1.807, 2.05) is 61.5 Å². The fraction of sp³-hybridized carbons (Fsp3) is 0.500. The third kappa shape index (κ3) is 5.89. The number of aliphatic hydroxyl groups excluding tert-OH is 1. The van der Waals surface area contributed by atoms with Crippen LogP contribution in [0.2, 0.25) is 0 Å². The molecular formula is C38H50N4O5. The number of carbonyl (C=O) groups excluding carboxylic acids is 3. The van der Waals surface area contributed by atoms with Crippen molar-refractivity contribution in [2.45, 2.75) is 64.3 Å². The highest BCUT2D eigenvalue weighted by molar-refractivity contribution is 6.05. The van der Waals surface area contributed by atoms with E-state index in [9.17, 15) is 19.5 Å². The second-order valence-corrected chi connectivity index (χ2v) is 13.2. The van der Waals surface area contributed by atoms with Crippen molar-refractivity contribution in [1.29, 1.82) is 0 Å². The number of carbonyl (C=O) groups is 3. The molecule has 3 fully saturated rings. The zero-order valence-electron chi connectivity index (χ0n) is 28.3. The predicted molar refractivity (Wildman–Crippen MR) is 185 cm³/mol. The standard InChI is InChI=1S/C38H50N4O5/c1-7-21-40(26-28-15-12-11-13-16-28)34(44)31-32-35(45)42(23-14-24-43)33(38(32)25-27(5)37(31,6)47-38)36(46)41(22-8-2)30-19-17-29(18-20-30)39(9-3)10-4/h7-8,11-13,15-20,27,31-33,43H,1-2,9-10,14,21-26H2,3-6H3/t27?,31-,32+,33?,37+,38?/m1/s1. The third-order valence-electron chi connectivity index (χ3n) is 10.6. The largest absolute Gasteiger partial charge is 0.396 e. The number of aliphatic hydroxyl groups is 1. The van der Waals surface area contributed by atoms with Crippen LogP contribution >= 0.6 is 0 Å². The van der Waals surface area contributed by atoms with Crippen LogP contribution < -0.4 is 9.80 Å². The van der Waals surface area contributed by atoms with E-state index in [4.69, 9.17) is 4.74 Å². The van der Waals surface area contributed by atoms with Crippen molar-refractivity contribution in [2.24, 2.45) is 17.8 Å². The van der Waals surface area contributed by atoms with Gasteiger partial charge in [0.1, 0.15) is 11.6 Å². The number of rotatable bonds is 15. The lowest BCUT2D eigenvalue weighted by Crippen LogP contribution is -2.57. The summed E-state index contributed by atoms with van der Waals surface area (Å²) >= 11 is 0. The number of anilines is 2. The van der Waals surface area contributed by atoms with Gasteiger partial charge in [-0.25, -0.2) is 0 Å². The van der Waals surface area contributed by atoms with Gasteiger partial charge in [-0.3, -0.25) is 14.4 Å². The van der Waals surface area contributed by atoms with Crippen LogP contribution in [0.5, 0.6) is 0 Å². The molecule has 47 heavy (non-hydrogen) atoms. The lowest BCUT2D eigenvalue weighted by Gasteiger charge is -2.39. The molecule has 3 aliphatic heterocycles. The molecule has 0 saturated carbocycles. The molecule has 0 radical (unpaired) electrons. The number of amides is 3. The predicted octanol–water partition coefficient (Wildman–Crippen LogP) is 4.66. The van der Waals surface area contributed by atoms with Crippen LogP contribution in [0.15, 0.2) is 79.9 Å². The van der Waals surface area contributed by atoms with Crippen LogP contribution in [0.3, 0.4) is 0 Å². The summed E-state index contributed by atoms with van der Waals surface area (Å²) < 4.78 is 6.98. The van der Waals surface area contributed by atoms with Crippen molar-refractivity contribution < 1.29 is 24.2 Å². The van der Waals surface area contributed by atoms with Gasteiger partial charge in [0.15, 0.2) is 0 Å². The summed E-state index contributed by atoms with van der Waals surface area (Å²) in [6.45, 7) is 18.7. The Labute approximate surface area is 279 Å². The summed E-state index contributed by atoms with van der Waals surface area (Å²) in [5, 5.41) is 9.80. The van der Waals surface area contributed by atoms with Gasteiger partial charge >= 0.3 is 0 Å². The Balaban J connectivity index is 1.55. The molecule has 0 aromatic heterocycles. The van der Waals surface area contributed by atoms with Gasteiger partial charge < -0.3 is 29.4 Å².